The van der Waals surface area contributed by atoms with Crippen molar-refractivity contribution in [1.29, 1.82) is 0 Å². The van der Waals surface area contributed by atoms with Crippen LogP contribution in [0.5, 0.6) is 11.5 Å². The lowest BCUT2D eigenvalue weighted by molar-refractivity contribution is -0.140. The molecule has 2 aromatic carbocycles. The van der Waals surface area contributed by atoms with Gasteiger partial charge in [0.15, 0.2) is 0 Å². The van der Waals surface area contributed by atoms with Crippen molar-refractivity contribution < 1.29 is 27.5 Å². The van der Waals surface area contributed by atoms with Crippen LogP contribution in [0.2, 0.25) is 10.0 Å². The Morgan fingerprint density at radius 2 is 1.73 bits per heavy atom. The number of rotatable bonds is 12. The van der Waals surface area contributed by atoms with Crippen LogP contribution in [0.1, 0.15) is 51.0 Å². The fourth-order valence-corrected chi connectivity index (χ4v) is 6.06. The quantitative estimate of drug-likeness (QED) is 0.360. The molecule has 0 aromatic heterocycles. The van der Waals surface area contributed by atoms with Gasteiger partial charge in [-0.05, 0) is 49.1 Å². The predicted octanol–water partition coefficient (Wildman–Crippen LogP) is 5.03. The second kappa shape index (κ2) is 14.3. The fourth-order valence-electron chi connectivity index (χ4n) is 4.88. The number of nitrogens with zero attached hydrogens (tertiary/aromatic N) is 2. The van der Waals surface area contributed by atoms with Crippen LogP contribution in [0.15, 0.2) is 36.4 Å². The summed E-state index contributed by atoms with van der Waals surface area (Å²) >= 11 is 12.3. The van der Waals surface area contributed by atoms with Crippen LogP contribution >= 0.6 is 23.2 Å². The monoisotopic (exact) mass is 613 g/mol. The van der Waals surface area contributed by atoms with Crippen LogP contribution in [-0.4, -0.2) is 64.2 Å². The molecule has 0 spiro atoms. The number of methoxy groups -OCH3 is 2. The van der Waals surface area contributed by atoms with Crippen molar-refractivity contribution in [3.05, 3.63) is 52.0 Å². The largest absolute Gasteiger partial charge is 0.497 e. The molecule has 3 rings (SSSR count). The normalized spacial score (nSPS) is 14.8. The third-order valence-corrected chi connectivity index (χ3v) is 8.87. The predicted molar refractivity (Wildman–Crippen MR) is 158 cm³/mol. The zero-order valence-corrected chi connectivity index (χ0v) is 25.6. The summed E-state index contributed by atoms with van der Waals surface area (Å²) in [6.45, 7) is 1.31. The topological polar surface area (TPSA) is 105 Å². The zero-order chi connectivity index (χ0) is 29.4. The summed E-state index contributed by atoms with van der Waals surface area (Å²) in [5.74, 6) is -0.140. The Bertz CT molecular complexity index is 1300. The van der Waals surface area contributed by atoms with Crippen LogP contribution in [0.3, 0.4) is 0 Å². The number of benzene rings is 2. The number of anilines is 1. The average Bonchev–Trinajstić information content (AvgIpc) is 2.93. The van der Waals surface area contributed by atoms with E-state index in [1.54, 1.807) is 24.3 Å². The number of carbonyl (C=O) groups is 2. The van der Waals surface area contributed by atoms with Crippen LogP contribution in [-0.2, 0) is 26.2 Å². The highest BCUT2D eigenvalue weighted by atomic mass is 35.5. The lowest BCUT2D eigenvalue weighted by Gasteiger charge is -2.34. The maximum atomic E-state index is 14.0. The van der Waals surface area contributed by atoms with Gasteiger partial charge in [0.25, 0.3) is 0 Å². The second-order valence-electron chi connectivity index (χ2n) is 9.85. The van der Waals surface area contributed by atoms with Gasteiger partial charge in [0.05, 0.1) is 36.2 Å². The number of sulfonamides is 1. The molecule has 0 aliphatic heterocycles. The van der Waals surface area contributed by atoms with Crippen LogP contribution in [0.4, 0.5) is 5.69 Å². The van der Waals surface area contributed by atoms with Gasteiger partial charge in [-0.2, -0.15) is 0 Å². The molecule has 2 aromatic rings. The Morgan fingerprint density at radius 1 is 1.02 bits per heavy atom. The molecule has 12 heteroatoms. The molecule has 1 saturated carbocycles. The molecule has 1 N–H and O–H groups in total. The number of hydrogen-bond donors (Lipinski definition) is 1. The van der Waals surface area contributed by atoms with Crippen molar-refractivity contribution in [3.8, 4) is 11.5 Å². The number of nitrogens with one attached hydrogen (secondary N) is 1. The molecule has 0 bridgehead atoms. The van der Waals surface area contributed by atoms with E-state index < -0.39 is 28.5 Å². The van der Waals surface area contributed by atoms with Gasteiger partial charge in [0.2, 0.25) is 21.8 Å². The van der Waals surface area contributed by atoms with Crippen molar-refractivity contribution >= 4 is 50.7 Å². The highest BCUT2D eigenvalue weighted by Gasteiger charge is 2.33. The van der Waals surface area contributed by atoms with Crippen molar-refractivity contribution in [2.75, 3.05) is 31.3 Å². The van der Waals surface area contributed by atoms with Gasteiger partial charge in [-0.1, -0.05) is 55.5 Å². The molecule has 9 nitrogen and oxygen atoms in total. The Kier molecular flexibility index (Phi) is 11.4. The van der Waals surface area contributed by atoms with Crippen molar-refractivity contribution in [3.63, 3.8) is 0 Å². The van der Waals surface area contributed by atoms with Gasteiger partial charge >= 0.3 is 0 Å². The van der Waals surface area contributed by atoms with E-state index >= 15 is 0 Å². The summed E-state index contributed by atoms with van der Waals surface area (Å²) in [5.41, 5.74) is 0.827. The summed E-state index contributed by atoms with van der Waals surface area (Å²) in [6, 6.07) is 8.84. The number of amides is 2. The molecule has 1 fully saturated rings. The van der Waals surface area contributed by atoms with Gasteiger partial charge in [-0.3, -0.25) is 13.9 Å². The number of ether oxygens (including phenoxy) is 2. The second-order valence-corrected chi connectivity index (χ2v) is 12.6. The maximum absolute atomic E-state index is 14.0. The van der Waals surface area contributed by atoms with Gasteiger partial charge in [0.1, 0.15) is 24.1 Å². The first-order valence-corrected chi connectivity index (χ1v) is 15.8. The number of carbonyl (C=O) groups excluding carboxylic acids is 2. The van der Waals surface area contributed by atoms with Gasteiger partial charge < -0.3 is 19.7 Å². The SMILES string of the molecule is CC[C@@H](C(=O)NC1CCCCC1)N(Cc1ccc(Cl)c(Cl)c1)C(=O)CN(c1ccc(OC)cc1OC)S(C)(=O)=O. The van der Waals surface area contributed by atoms with Crippen molar-refractivity contribution in [2.24, 2.45) is 0 Å². The molecule has 0 saturated heterocycles. The van der Waals surface area contributed by atoms with Crippen LogP contribution in [0, 0.1) is 0 Å². The molecule has 1 atom stereocenters. The van der Waals surface area contributed by atoms with Gasteiger partial charge in [0, 0.05) is 18.7 Å². The van der Waals surface area contributed by atoms with E-state index in [0.717, 1.165) is 42.7 Å². The fraction of sp³-hybridized carbons (Fsp3) is 0.500. The third kappa shape index (κ3) is 8.17. The Morgan fingerprint density at radius 3 is 2.30 bits per heavy atom. The minimum atomic E-state index is -3.93. The van der Waals surface area contributed by atoms with E-state index in [1.807, 2.05) is 6.92 Å². The molecular formula is C28H37Cl2N3O6S. The maximum Gasteiger partial charge on any atom is 0.244 e. The Hall–Kier alpha value is -2.69. The lowest BCUT2D eigenvalue weighted by Crippen LogP contribution is -2.54. The highest BCUT2D eigenvalue weighted by molar-refractivity contribution is 7.92. The highest BCUT2D eigenvalue weighted by Crippen LogP contribution is 2.34. The molecular weight excluding hydrogens is 577 g/mol. The summed E-state index contributed by atoms with van der Waals surface area (Å²) < 4.78 is 37.5. The first-order valence-electron chi connectivity index (χ1n) is 13.2. The minimum absolute atomic E-state index is 0.0314. The Labute approximate surface area is 246 Å². The smallest absolute Gasteiger partial charge is 0.244 e. The summed E-state index contributed by atoms with van der Waals surface area (Å²) in [5, 5.41) is 3.79. The van der Waals surface area contributed by atoms with Crippen LogP contribution < -0.4 is 19.1 Å². The standard InChI is InChI=1S/C28H37Cl2N3O6S/c1-5-24(28(35)31-20-9-7-6-8-10-20)32(17-19-11-13-22(29)23(30)15-19)27(34)18-33(40(4,36)37)25-14-12-21(38-2)16-26(25)39-3/h11-16,20,24H,5-10,17-18H2,1-4H3,(H,31,35)/t24-/m0/s1. The summed E-state index contributed by atoms with van der Waals surface area (Å²) in [7, 11) is -1.05. The molecule has 0 radical (unpaired) electrons. The summed E-state index contributed by atoms with van der Waals surface area (Å²) in [6.07, 6.45) is 6.35. The number of halogens is 2. The first kappa shape index (κ1) is 31.8. The van der Waals surface area contributed by atoms with Crippen molar-refractivity contribution in [1.82, 2.24) is 10.2 Å². The minimum Gasteiger partial charge on any atom is -0.497 e. The molecule has 2 amide bonds. The molecule has 0 unspecified atom stereocenters. The zero-order valence-electron chi connectivity index (χ0n) is 23.3. The van der Waals surface area contributed by atoms with Crippen LogP contribution in [0.25, 0.3) is 0 Å². The van der Waals surface area contributed by atoms with Crippen molar-refractivity contribution in [2.45, 2.75) is 64.1 Å². The first-order chi connectivity index (χ1) is 19.0. The van der Waals surface area contributed by atoms with E-state index in [2.05, 4.69) is 5.32 Å². The Balaban J connectivity index is 1.98. The van der Waals surface area contributed by atoms with Gasteiger partial charge in [-0.15, -0.1) is 0 Å². The molecule has 220 valence electrons. The number of hydrogen-bond acceptors (Lipinski definition) is 6. The van der Waals surface area contributed by atoms with Gasteiger partial charge in [-0.25, -0.2) is 8.42 Å². The van der Waals surface area contributed by atoms with E-state index in [9.17, 15) is 18.0 Å². The molecule has 1 aliphatic carbocycles. The van der Waals surface area contributed by atoms with E-state index in [1.165, 1.54) is 31.3 Å². The molecule has 0 heterocycles. The van der Waals surface area contributed by atoms with E-state index in [4.69, 9.17) is 32.7 Å². The third-order valence-electron chi connectivity index (χ3n) is 7.01. The molecule has 1 aliphatic rings. The molecule has 40 heavy (non-hydrogen) atoms. The van der Waals surface area contributed by atoms with E-state index in [0.29, 0.717) is 27.8 Å². The lowest BCUT2D eigenvalue weighted by atomic mass is 9.95. The van der Waals surface area contributed by atoms with E-state index in [-0.39, 0.29) is 29.9 Å². The summed E-state index contributed by atoms with van der Waals surface area (Å²) in [4.78, 5) is 28.9. The average molecular weight is 615 g/mol.